The van der Waals surface area contributed by atoms with E-state index in [-0.39, 0.29) is 6.04 Å². The standard InChI is InChI=1S/C14H16N4/c1-2-4-10(5-3-1)12-14-17-16-13(11-6-7-11)18(14)9-8-15-12/h1-5,11-12,15H,6-9H2. The van der Waals surface area contributed by atoms with Crippen molar-refractivity contribution in [3.05, 3.63) is 47.5 Å². The van der Waals surface area contributed by atoms with E-state index in [4.69, 9.17) is 0 Å². The monoisotopic (exact) mass is 240 g/mol. The van der Waals surface area contributed by atoms with Gasteiger partial charge in [-0.2, -0.15) is 0 Å². The number of nitrogens with one attached hydrogen (secondary N) is 1. The predicted octanol–water partition coefficient (Wildman–Crippen LogP) is 1.85. The van der Waals surface area contributed by atoms with E-state index in [0.717, 1.165) is 18.9 Å². The molecule has 0 bridgehead atoms. The molecule has 1 N–H and O–H groups in total. The summed E-state index contributed by atoms with van der Waals surface area (Å²) in [6.45, 7) is 1.99. The highest BCUT2D eigenvalue weighted by Crippen LogP contribution is 2.40. The van der Waals surface area contributed by atoms with Crippen molar-refractivity contribution in [2.24, 2.45) is 0 Å². The molecule has 1 fully saturated rings. The Balaban J connectivity index is 1.76. The third-order valence-corrected chi connectivity index (χ3v) is 3.83. The summed E-state index contributed by atoms with van der Waals surface area (Å²) in [5, 5.41) is 12.4. The Bertz CT molecular complexity index is 556. The average Bonchev–Trinajstić information content (AvgIpc) is 3.19. The summed E-state index contributed by atoms with van der Waals surface area (Å²) in [4.78, 5) is 0. The zero-order chi connectivity index (χ0) is 11.9. The van der Waals surface area contributed by atoms with Gasteiger partial charge >= 0.3 is 0 Å². The van der Waals surface area contributed by atoms with Crippen LogP contribution in [0.1, 0.15) is 42.0 Å². The van der Waals surface area contributed by atoms with Gasteiger partial charge in [-0.3, -0.25) is 0 Å². The number of aromatic nitrogens is 3. The van der Waals surface area contributed by atoms with E-state index < -0.39 is 0 Å². The van der Waals surface area contributed by atoms with Crippen molar-refractivity contribution in [2.45, 2.75) is 31.3 Å². The second-order valence-electron chi connectivity index (χ2n) is 5.14. The highest BCUT2D eigenvalue weighted by Gasteiger charge is 2.33. The first kappa shape index (κ1) is 10.3. The molecular weight excluding hydrogens is 224 g/mol. The molecule has 2 aliphatic rings. The minimum absolute atomic E-state index is 0.194. The number of hydrogen-bond donors (Lipinski definition) is 1. The van der Waals surface area contributed by atoms with Crippen LogP contribution >= 0.6 is 0 Å². The Morgan fingerprint density at radius 3 is 2.61 bits per heavy atom. The van der Waals surface area contributed by atoms with Crippen LogP contribution < -0.4 is 5.32 Å². The Kier molecular flexibility index (Phi) is 2.23. The van der Waals surface area contributed by atoms with E-state index in [0.29, 0.717) is 5.92 Å². The van der Waals surface area contributed by atoms with Crippen molar-refractivity contribution in [1.29, 1.82) is 0 Å². The molecule has 2 heterocycles. The largest absolute Gasteiger partial charge is 0.312 e. The second kappa shape index (κ2) is 3.92. The van der Waals surface area contributed by atoms with Crippen LogP contribution in [-0.4, -0.2) is 21.3 Å². The minimum atomic E-state index is 0.194. The second-order valence-corrected chi connectivity index (χ2v) is 5.14. The van der Waals surface area contributed by atoms with Gasteiger partial charge in [-0.05, 0) is 18.4 Å². The maximum absolute atomic E-state index is 4.43. The van der Waals surface area contributed by atoms with E-state index in [2.05, 4.69) is 44.3 Å². The number of benzene rings is 1. The summed E-state index contributed by atoms with van der Waals surface area (Å²) in [6, 6.07) is 10.7. The summed E-state index contributed by atoms with van der Waals surface area (Å²) < 4.78 is 2.33. The zero-order valence-corrected chi connectivity index (χ0v) is 10.2. The Morgan fingerprint density at radius 1 is 1.06 bits per heavy atom. The van der Waals surface area contributed by atoms with E-state index in [1.54, 1.807) is 0 Å². The number of hydrogen-bond acceptors (Lipinski definition) is 3. The molecule has 4 heteroatoms. The molecular formula is C14H16N4. The van der Waals surface area contributed by atoms with Crippen LogP contribution in [0, 0.1) is 0 Å². The molecule has 1 aromatic heterocycles. The van der Waals surface area contributed by atoms with Gasteiger partial charge in [-0.15, -0.1) is 10.2 Å². The first-order valence-corrected chi connectivity index (χ1v) is 6.65. The maximum atomic E-state index is 4.43. The van der Waals surface area contributed by atoms with Gasteiger partial charge in [0.05, 0.1) is 6.04 Å². The van der Waals surface area contributed by atoms with Crippen LogP contribution in [0.15, 0.2) is 30.3 Å². The normalized spacial score (nSPS) is 22.8. The predicted molar refractivity (Wildman–Crippen MR) is 68.3 cm³/mol. The lowest BCUT2D eigenvalue weighted by molar-refractivity contribution is 0.447. The molecule has 0 radical (unpaired) electrons. The van der Waals surface area contributed by atoms with E-state index in [9.17, 15) is 0 Å². The van der Waals surface area contributed by atoms with E-state index in [1.165, 1.54) is 24.2 Å². The lowest BCUT2D eigenvalue weighted by atomic mass is 10.0. The molecule has 1 aromatic carbocycles. The highest BCUT2D eigenvalue weighted by molar-refractivity contribution is 5.27. The SMILES string of the molecule is c1ccc(C2NCCn3c(C4CC4)nnc32)cc1. The summed E-state index contributed by atoms with van der Waals surface area (Å²) in [5.41, 5.74) is 1.27. The molecule has 4 nitrogen and oxygen atoms in total. The van der Waals surface area contributed by atoms with Gasteiger partial charge in [-0.1, -0.05) is 30.3 Å². The van der Waals surface area contributed by atoms with Crippen LogP contribution in [0.5, 0.6) is 0 Å². The number of fused-ring (bicyclic) bond motifs is 1. The van der Waals surface area contributed by atoms with Crippen molar-refractivity contribution >= 4 is 0 Å². The molecule has 92 valence electrons. The number of rotatable bonds is 2. The van der Waals surface area contributed by atoms with Gasteiger partial charge in [0, 0.05) is 19.0 Å². The van der Waals surface area contributed by atoms with Crippen molar-refractivity contribution in [2.75, 3.05) is 6.54 Å². The molecule has 1 aliphatic heterocycles. The fraction of sp³-hybridized carbons (Fsp3) is 0.429. The van der Waals surface area contributed by atoms with Gasteiger partial charge in [0.25, 0.3) is 0 Å². The molecule has 1 atom stereocenters. The Hall–Kier alpha value is -1.68. The Labute approximate surface area is 106 Å². The fourth-order valence-electron chi connectivity index (χ4n) is 2.74. The number of nitrogens with zero attached hydrogens (tertiary/aromatic N) is 3. The summed E-state index contributed by atoms with van der Waals surface area (Å²) >= 11 is 0. The lowest BCUT2D eigenvalue weighted by Gasteiger charge is -2.25. The molecule has 0 amide bonds. The molecule has 2 aromatic rings. The first-order valence-electron chi connectivity index (χ1n) is 6.65. The van der Waals surface area contributed by atoms with Crippen molar-refractivity contribution in [3.63, 3.8) is 0 Å². The summed E-state index contributed by atoms with van der Waals surface area (Å²) in [7, 11) is 0. The van der Waals surface area contributed by atoms with Crippen LogP contribution in [0.4, 0.5) is 0 Å². The fourth-order valence-corrected chi connectivity index (χ4v) is 2.74. The van der Waals surface area contributed by atoms with Gasteiger partial charge in [0.15, 0.2) is 5.82 Å². The molecule has 1 unspecified atom stereocenters. The zero-order valence-electron chi connectivity index (χ0n) is 10.2. The Morgan fingerprint density at radius 2 is 1.83 bits per heavy atom. The smallest absolute Gasteiger partial charge is 0.154 e. The van der Waals surface area contributed by atoms with Crippen LogP contribution in [-0.2, 0) is 6.54 Å². The lowest BCUT2D eigenvalue weighted by Crippen LogP contribution is -2.34. The average molecular weight is 240 g/mol. The first-order chi connectivity index (χ1) is 8.93. The third-order valence-electron chi connectivity index (χ3n) is 3.83. The van der Waals surface area contributed by atoms with Crippen molar-refractivity contribution < 1.29 is 0 Å². The molecule has 1 saturated carbocycles. The highest BCUT2D eigenvalue weighted by atomic mass is 15.3. The van der Waals surface area contributed by atoms with E-state index >= 15 is 0 Å². The topological polar surface area (TPSA) is 42.7 Å². The van der Waals surface area contributed by atoms with Crippen LogP contribution in [0.2, 0.25) is 0 Å². The molecule has 4 rings (SSSR count). The molecule has 0 saturated heterocycles. The van der Waals surface area contributed by atoms with Gasteiger partial charge in [0.2, 0.25) is 0 Å². The molecule has 18 heavy (non-hydrogen) atoms. The van der Waals surface area contributed by atoms with Crippen LogP contribution in [0.3, 0.4) is 0 Å². The summed E-state index contributed by atoms with van der Waals surface area (Å²) in [5.74, 6) is 2.95. The van der Waals surface area contributed by atoms with Gasteiger partial charge in [-0.25, -0.2) is 0 Å². The molecule has 1 aliphatic carbocycles. The quantitative estimate of drug-likeness (QED) is 0.871. The van der Waals surface area contributed by atoms with Gasteiger partial charge in [0.1, 0.15) is 5.82 Å². The van der Waals surface area contributed by atoms with E-state index in [1.807, 2.05) is 6.07 Å². The summed E-state index contributed by atoms with van der Waals surface area (Å²) in [6.07, 6.45) is 2.56. The third kappa shape index (κ3) is 1.56. The molecule has 0 spiro atoms. The van der Waals surface area contributed by atoms with Crippen LogP contribution in [0.25, 0.3) is 0 Å². The van der Waals surface area contributed by atoms with Gasteiger partial charge < -0.3 is 9.88 Å². The maximum Gasteiger partial charge on any atom is 0.154 e. The van der Waals surface area contributed by atoms with Crippen molar-refractivity contribution in [3.8, 4) is 0 Å². The van der Waals surface area contributed by atoms with Crippen molar-refractivity contribution in [1.82, 2.24) is 20.1 Å². The minimum Gasteiger partial charge on any atom is -0.312 e.